The van der Waals surface area contributed by atoms with Crippen molar-refractivity contribution in [2.75, 3.05) is 14.7 Å². The Labute approximate surface area is 409 Å². The molecule has 0 aliphatic heterocycles. The Morgan fingerprint density at radius 2 is 0.696 bits per heavy atom. The largest absolute Gasteiger partial charge is 0.310 e. The molecule has 13 rings (SSSR count). The Bertz CT molecular complexity index is 3910. The summed E-state index contributed by atoms with van der Waals surface area (Å²) >= 11 is 3.74. The van der Waals surface area contributed by atoms with Crippen LogP contribution in [0.5, 0.6) is 0 Å². The number of anilines is 9. The van der Waals surface area contributed by atoms with Gasteiger partial charge in [0.1, 0.15) is 0 Å². The predicted octanol–water partition coefficient (Wildman–Crippen LogP) is 19.7. The molecule has 326 valence electrons. The van der Waals surface area contributed by atoms with E-state index in [1.165, 1.54) is 62.2 Å². The zero-order valence-corrected chi connectivity index (χ0v) is 39.1. The highest BCUT2D eigenvalue weighted by Crippen LogP contribution is 2.52. The van der Waals surface area contributed by atoms with Crippen molar-refractivity contribution in [3.63, 3.8) is 0 Å². The first-order valence-electron chi connectivity index (χ1n) is 23.3. The van der Waals surface area contributed by atoms with Gasteiger partial charge in [-0.2, -0.15) is 0 Å². The van der Waals surface area contributed by atoms with Crippen LogP contribution in [0.3, 0.4) is 0 Å². The molecule has 0 amide bonds. The first-order valence-corrected chi connectivity index (χ1v) is 25.0. The number of hydrogen-bond acceptors (Lipinski definition) is 5. The molecule has 69 heavy (non-hydrogen) atoms. The molecule has 11 aromatic carbocycles. The molecular weight excluding hydrogens is 875 g/mol. The van der Waals surface area contributed by atoms with Gasteiger partial charge in [0.2, 0.25) is 0 Å². The third-order valence-corrected chi connectivity index (χ3v) is 15.5. The third kappa shape index (κ3) is 7.28. The van der Waals surface area contributed by atoms with Gasteiger partial charge in [-0.05, 0) is 114 Å². The first-order chi connectivity index (χ1) is 34.2. The highest BCUT2D eigenvalue weighted by atomic mass is 32.1. The third-order valence-electron chi connectivity index (χ3n) is 13.2. The topological polar surface area (TPSA) is 9.72 Å². The van der Waals surface area contributed by atoms with E-state index in [4.69, 9.17) is 0 Å². The van der Waals surface area contributed by atoms with Crippen molar-refractivity contribution in [3.8, 4) is 11.1 Å². The van der Waals surface area contributed by atoms with Gasteiger partial charge in [-0.25, -0.2) is 0 Å². The summed E-state index contributed by atoms with van der Waals surface area (Å²) in [6.07, 6.45) is 0. The molecule has 0 spiro atoms. The molecule has 2 aromatic heterocycles. The van der Waals surface area contributed by atoms with Crippen LogP contribution < -0.4 is 14.7 Å². The van der Waals surface area contributed by atoms with Crippen LogP contribution >= 0.6 is 22.7 Å². The normalized spacial score (nSPS) is 11.5. The van der Waals surface area contributed by atoms with Gasteiger partial charge in [-0.1, -0.05) is 158 Å². The summed E-state index contributed by atoms with van der Waals surface area (Å²) in [6.45, 7) is 0. The molecule has 2 heterocycles. The monoisotopic (exact) mass is 917 g/mol. The van der Waals surface area contributed by atoms with E-state index in [1.807, 2.05) is 22.7 Å². The van der Waals surface area contributed by atoms with Crippen molar-refractivity contribution >= 4 is 125 Å². The summed E-state index contributed by atoms with van der Waals surface area (Å²) in [5.74, 6) is 0. The maximum atomic E-state index is 2.49. The molecule has 0 unspecified atom stereocenters. The number of rotatable bonds is 10. The van der Waals surface area contributed by atoms with Crippen LogP contribution in [0.25, 0.3) is 62.2 Å². The molecule has 13 aromatic rings. The lowest BCUT2D eigenvalue weighted by molar-refractivity contribution is 1.27. The molecule has 0 bridgehead atoms. The summed E-state index contributed by atoms with van der Waals surface area (Å²) in [7, 11) is 0. The van der Waals surface area contributed by atoms with E-state index in [1.54, 1.807) is 0 Å². The number of hydrogen-bond donors (Lipinski definition) is 0. The molecule has 0 fully saturated rings. The van der Waals surface area contributed by atoms with Crippen LogP contribution in [0.2, 0.25) is 0 Å². The van der Waals surface area contributed by atoms with Gasteiger partial charge in [0.05, 0.1) is 11.4 Å². The van der Waals surface area contributed by atoms with E-state index < -0.39 is 0 Å². The molecule has 0 aliphatic rings. The van der Waals surface area contributed by atoms with Crippen molar-refractivity contribution < 1.29 is 0 Å². The zero-order valence-electron chi connectivity index (χ0n) is 37.5. The maximum absolute atomic E-state index is 2.49. The van der Waals surface area contributed by atoms with Gasteiger partial charge < -0.3 is 14.7 Å². The van der Waals surface area contributed by atoms with E-state index in [9.17, 15) is 0 Å². The smallest absolute Gasteiger partial charge is 0.0575 e. The fraction of sp³-hybridized carbons (Fsp3) is 0. The fourth-order valence-electron chi connectivity index (χ4n) is 10.1. The van der Waals surface area contributed by atoms with Crippen molar-refractivity contribution in [1.29, 1.82) is 0 Å². The number of nitrogens with zero attached hydrogens (tertiary/aromatic N) is 3. The second-order valence-electron chi connectivity index (χ2n) is 17.3. The fourth-order valence-corrected chi connectivity index (χ4v) is 12.4. The van der Waals surface area contributed by atoms with Crippen molar-refractivity contribution in [2.24, 2.45) is 0 Å². The number of thiophene rings is 2. The highest BCUT2D eigenvalue weighted by molar-refractivity contribution is 7.27. The lowest BCUT2D eigenvalue weighted by Crippen LogP contribution is -2.14. The molecule has 3 nitrogen and oxygen atoms in total. The Hall–Kier alpha value is -8.48. The first kappa shape index (κ1) is 40.8. The second kappa shape index (κ2) is 17.3. The van der Waals surface area contributed by atoms with Gasteiger partial charge in [-0.15, -0.1) is 22.7 Å². The number of fused-ring (bicyclic) bond motifs is 8. The lowest BCUT2D eigenvalue weighted by atomic mass is 10.0. The standard InChI is InChI=1S/C64H43N3S2/c1-6-20-44(21-7-1)45-34-36-50(37-35-45)66(48-26-12-4-13-27-48)59-41-52(42-62-63(59)57-40-51(38-39-61(57)68-62)65(46-22-8-2-9-23-46)47-24-10-3-11-25-47)67(49-28-14-5-15-29-49)58-43-56-54-31-18-19-33-60(54)69-64(56)55-32-17-16-30-53(55)58/h1-43H. The van der Waals surface area contributed by atoms with Crippen LogP contribution in [-0.4, -0.2) is 0 Å². The lowest BCUT2D eigenvalue weighted by Gasteiger charge is -2.31. The maximum Gasteiger partial charge on any atom is 0.0575 e. The Kier molecular flexibility index (Phi) is 10.2. The van der Waals surface area contributed by atoms with Crippen LogP contribution in [0, 0.1) is 0 Å². The van der Waals surface area contributed by atoms with E-state index in [-0.39, 0.29) is 0 Å². The summed E-state index contributed by atoms with van der Waals surface area (Å²) in [5.41, 5.74) is 12.3. The molecule has 0 N–H and O–H groups in total. The van der Waals surface area contributed by atoms with Gasteiger partial charge in [0.15, 0.2) is 0 Å². The van der Waals surface area contributed by atoms with Crippen LogP contribution in [-0.2, 0) is 0 Å². The minimum absolute atomic E-state index is 1.08. The quantitative estimate of drug-likeness (QED) is 0.135. The molecule has 0 saturated carbocycles. The van der Waals surface area contributed by atoms with E-state index >= 15 is 0 Å². The van der Waals surface area contributed by atoms with E-state index in [0.29, 0.717) is 0 Å². The molecule has 5 heteroatoms. The van der Waals surface area contributed by atoms with E-state index in [0.717, 1.165) is 51.2 Å². The van der Waals surface area contributed by atoms with Crippen LogP contribution in [0.15, 0.2) is 261 Å². The van der Waals surface area contributed by atoms with Crippen LogP contribution in [0.1, 0.15) is 0 Å². The SMILES string of the molecule is c1ccc(-c2ccc(N(c3ccccc3)c3cc(N(c4ccccc4)c4cc5c6ccccc6sc5c5ccccc45)cc4sc5ccc(N(c6ccccc6)c6ccccc6)cc5c34)cc2)cc1. The Morgan fingerprint density at radius 1 is 0.232 bits per heavy atom. The minimum atomic E-state index is 1.08. The Morgan fingerprint density at radius 3 is 1.32 bits per heavy atom. The highest BCUT2D eigenvalue weighted by Gasteiger charge is 2.26. The van der Waals surface area contributed by atoms with Gasteiger partial charge in [0.25, 0.3) is 0 Å². The second-order valence-corrected chi connectivity index (χ2v) is 19.4. The molecular formula is C64H43N3S2. The average molecular weight is 918 g/mol. The van der Waals surface area contributed by atoms with Gasteiger partial charge in [-0.3, -0.25) is 0 Å². The molecule has 0 radical (unpaired) electrons. The molecule has 0 aliphatic carbocycles. The summed E-state index contributed by atoms with van der Waals surface area (Å²) in [4.78, 5) is 7.31. The predicted molar refractivity (Wildman–Crippen MR) is 299 cm³/mol. The van der Waals surface area contributed by atoms with Gasteiger partial charge >= 0.3 is 0 Å². The summed E-state index contributed by atoms with van der Waals surface area (Å²) < 4.78 is 5.04. The summed E-state index contributed by atoms with van der Waals surface area (Å²) in [5, 5.41) is 7.43. The molecule has 0 saturated heterocycles. The minimum Gasteiger partial charge on any atom is -0.310 e. The van der Waals surface area contributed by atoms with Crippen molar-refractivity contribution in [2.45, 2.75) is 0 Å². The number of benzene rings is 11. The van der Waals surface area contributed by atoms with Gasteiger partial charge in [0, 0.05) is 90.9 Å². The molecule has 0 atom stereocenters. The number of para-hydroxylation sites is 4. The summed E-state index contributed by atoms with van der Waals surface area (Å²) in [6, 6.07) is 94.9. The Balaban J connectivity index is 1.11. The van der Waals surface area contributed by atoms with Crippen molar-refractivity contribution in [1.82, 2.24) is 0 Å². The van der Waals surface area contributed by atoms with E-state index in [2.05, 4.69) is 276 Å². The average Bonchev–Trinajstić information content (AvgIpc) is 3.99. The van der Waals surface area contributed by atoms with Crippen LogP contribution in [0.4, 0.5) is 51.2 Å². The van der Waals surface area contributed by atoms with Crippen molar-refractivity contribution in [3.05, 3.63) is 261 Å². The zero-order chi connectivity index (χ0) is 45.7.